The molecule has 1 aromatic heterocycles. The van der Waals surface area contributed by atoms with Crippen molar-refractivity contribution in [2.24, 2.45) is 0 Å². The van der Waals surface area contributed by atoms with Gasteiger partial charge in [0.2, 0.25) is 5.91 Å². The molecule has 1 saturated heterocycles. The fraction of sp³-hybridized carbons (Fsp3) is 0.727. The largest absolute Gasteiger partial charge is 0.332 e. The first-order valence-electron chi connectivity index (χ1n) is 5.95. The Morgan fingerprint density at radius 2 is 2.41 bits per heavy atom. The van der Waals surface area contributed by atoms with E-state index in [2.05, 4.69) is 22.4 Å². The summed E-state index contributed by atoms with van der Waals surface area (Å²) in [6, 6.07) is 0.234. The molecule has 6 heteroatoms. The average Bonchev–Trinajstić information content (AvgIpc) is 2.79. The molecule has 1 fully saturated rings. The van der Waals surface area contributed by atoms with Crippen molar-refractivity contribution in [3.05, 3.63) is 10.5 Å². The molecule has 2 rings (SSSR count). The van der Waals surface area contributed by atoms with E-state index in [1.54, 1.807) is 5.51 Å². The average molecular weight is 254 g/mol. The number of nitrogens with zero attached hydrogens (tertiary/aromatic N) is 3. The van der Waals surface area contributed by atoms with Crippen molar-refractivity contribution >= 4 is 17.2 Å². The van der Waals surface area contributed by atoms with Gasteiger partial charge in [-0.05, 0) is 33.2 Å². The van der Waals surface area contributed by atoms with Crippen molar-refractivity contribution < 1.29 is 4.79 Å². The molecule has 1 aliphatic heterocycles. The van der Waals surface area contributed by atoms with Crippen LogP contribution >= 0.6 is 11.3 Å². The molecular formula is C11H18N4OS. The van der Waals surface area contributed by atoms with Crippen molar-refractivity contribution in [3.8, 4) is 0 Å². The number of carbonyl (C=O) groups excluding carboxylic acids is 1. The maximum atomic E-state index is 12.3. The van der Waals surface area contributed by atoms with Crippen molar-refractivity contribution in [2.45, 2.75) is 44.8 Å². The quantitative estimate of drug-likeness (QED) is 0.875. The van der Waals surface area contributed by atoms with E-state index in [1.807, 2.05) is 11.9 Å². The lowest BCUT2D eigenvalue weighted by Gasteiger charge is -2.28. The highest BCUT2D eigenvalue weighted by Crippen LogP contribution is 2.20. The zero-order valence-corrected chi connectivity index (χ0v) is 11.0. The van der Waals surface area contributed by atoms with Gasteiger partial charge in [0.1, 0.15) is 10.5 Å². The number of amides is 1. The number of aromatic nitrogens is 2. The van der Waals surface area contributed by atoms with Gasteiger partial charge in [-0.1, -0.05) is 0 Å². The van der Waals surface area contributed by atoms with Gasteiger partial charge in [-0.25, -0.2) is 0 Å². The SMILES string of the molecule is CNC1CCCC(C)N(Cc2nncs2)C1=O. The van der Waals surface area contributed by atoms with Crippen LogP contribution in [0.4, 0.5) is 0 Å². The van der Waals surface area contributed by atoms with Crippen LogP contribution in [-0.4, -0.2) is 40.1 Å². The molecule has 2 unspecified atom stereocenters. The normalized spacial score (nSPS) is 26.0. The van der Waals surface area contributed by atoms with Crippen molar-refractivity contribution in [3.63, 3.8) is 0 Å². The molecule has 0 aromatic carbocycles. The molecule has 1 aliphatic rings. The minimum Gasteiger partial charge on any atom is -0.332 e. The van der Waals surface area contributed by atoms with Gasteiger partial charge in [0.25, 0.3) is 0 Å². The van der Waals surface area contributed by atoms with Crippen LogP contribution in [0, 0.1) is 0 Å². The highest BCUT2D eigenvalue weighted by atomic mass is 32.1. The third-order valence-electron chi connectivity index (χ3n) is 3.29. The Kier molecular flexibility index (Phi) is 4.06. The second-order valence-electron chi connectivity index (χ2n) is 4.42. The number of likely N-dealkylation sites (tertiary alicyclic amines) is 1. The fourth-order valence-corrected chi connectivity index (χ4v) is 2.75. The highest BCUT2D eigenvalue weighted by Gasteiger charge is 2.30. The molecule has 94 valence electrons. The highest BCUT2D eigenvalue weighted by molar-refractivity contribution is 7.09. The smallest absolute Gasteiger partial charge is 0.240 e. The summed E-state index contributed by atoms with van der Waals surface area (Å²) >= 11 is 1.50. The molecule has 0 spiro atoms. The summed E-state index contributed by atoms with van der Waals surface area (Å²) in [7, 11) is 1.85. The Balaban J connectivity index is 2.12. The molecule has 2 heterocycles. The Hall–Kier alpha value is -1.01. The standard InChI is InChI=1S/C11H18N4OS/c1-8-4-3-5-9(12-2)11(16)15(8)6-10-14-13-7-17-10/h7-9,12H,3-6H2,1-2H3. The minimum atomic E-state index is -0.0483. The summed E-state index contributed by atoms with van der Waals surface area (Å²) in [4.78, 5) is 14.3. The summed E-state index contributed by atoms with van der Waals surface area (Å²) in [5.74, 6) is 0.188. The zero-order chi connectivity index (χ0) is 12.3. The van der Waals surface area contributed by atoms with E-state index in [9.17, 15) is 4.79 Å². The summed E-state index contributed by atoms with van der Waals surface area (Å²) in [6.07, 6.45) is 3.07. The second kappa shape index (κ2) is 5.55. The van der Waals surface area contributed by atoms with Crippen LogP contribution < -0.4 is 5.32 Å². The summed E-state index contributed by atoms with van der Waals surface area (Å²) in [5.41, 5.74) is 1.71. The molecule has 0 bridgehead atoms. The van der Waals surface area contributed by atoms with E-state index in [0.29, 0.717) is 6.54 Å². The van der Waals surface area contributed by atoms with Crippen LogP contribution in [-0.2, 0) is 11.3 Å². The van der Waals surface area contributed by atoms with Gasteiger partial charge < -0.3 is 10.2 Å². The van der Waals surface area contributed by atoms with Crippen LogP contribution in [0.2, 0.25) is 0 Å². The monoisotopic (exact) mass is 254 g/mol. The Morgan fingerprint density at radius 3 is 3.06 bits per heavy atom. The number of carbonyl (C=O) groups is 1. The lowest BCUT2D eigenvalue weighted by Crippen LogP contribution is -2.46. The first-order valence-corrected chi connectivity index (χ1v) is 6.83. The molecule has 0 saturated carbocycles. The van der Waals surface area contributed by atoms with Crippen molar-refractivity contribution in [2.75, 3.05) is 7.05 Å². The molecule has 0 radical (unpaired) electrons. The lowest BCUT2D eigenvalue weighted by atomic mass is 10.1. The number of hydrogen-bond acceptors (Lipinski definition) is 5. The predicted octanol–water partition coefficient (Wildman–Crippen LogP) is 1.03. The molecule has 2 atom stereocenters. The molecule has 0 aliphatic carbocycles. The number of rotatable bonds is 3. The van der Waals surface area contributed by atoms with E-state index in [1.165, 1.54) is 11.3 Å². The van der Waals surface area contributed by atoms with Crippen LogP contribution in [0.25, 0.3) is 0 Å². The molecule has 5 nitrogen and oxygen atoms in total. The van der Waals surface area contributed by atoms with Gasteiger partial charge in [0, 0.05) is 6.04 Å². The molecule has 1 aromatic rings. The number of nitrogens with one attached hydrogen (secondary N) is 1. The molecule has 1 N–H and O–H groups in total. The second-order valence-corrected chi connectivity index (χ2v) is 5.34. The lowest BCUT2D eigenvalue weighted by molar-refractivity contribution is -0.135. The Morgan fingerprint density at radius 1 is 1.59 bits per heavy atom. The Bertz CT molecular complexity index is 368. The minimum absolute atomic E-state index is 0.0483. The summed E-state index contributed by atoms with van der Waals surface area (Å²) in [5, 5.41) is 11.8. The van der Waals surface area contributed by atoms with E-state index in [-0.39, 0.29) is 18.0 Å². The van der Waals surface area contributed by atoms with Crippen LogP contribution in [0.15, 0.2) is 5.51 Å². The van der Waals surface area contributed by atoms with Crippen LogP contribution in [0.3, 0.4) is 0 Å². The zero-order valence-electron chi connectivity index (χ0n) is 10.2. The first kappa shape index (κ1) is 12.4. The van der Waals surface area contributed by atoms with Crippen LogP contribution in [0.5, 0.6) is 0 Å². The summed E-state index contributed by atoms with van der Waals surface area (Å²) < 4.78 is 0. The van der Waals surface area contributed by atoms with E-state index in [4.69, 9.17) is 0 Å². The molecule has 17 heavy (non-hydrogen) atoms. The molecule has 1 amide bonds. The van der Waals surface area contributed by atoms with Crippen molar-refractivity contribution in [1.82, 2.24) is 20.4 Å². The van der Waals surface area contributed by atoms with Gasteiger partial charge in [0.05, 0.1) is 12.6 Å². The Labute approximate surface area is 105 Å². The summed E-state index contributed by atoms with van der Waals surface area (Å²) in [6.45, 7) is 2.69. The topological polar surface area (TPSA) is 58.1 Å². The third kappa shape index (κ3) is 2.81. The maximum Gasteiger partial charge on any atom is 0.240 e. The number of hydrogen-bond donors (Lipinski definition) is 1. The van der Waals surface area contributed by atoms with Gasteiger partial charge in [-0.2, -0.15) is 0 Å². The van der Waals surface area contributed by atoms with E-state index >= 15 is 0 Å². The maximum absolute atomic E-state index is 12.3. The predicted molar refractivity (Wildman–Crippen MR) is 66.6 cm³/mol. The van der Waals surface area contributed by atoms with E-state index < -0.39 is 0 Å². The number of likely N-dealkylation sites (N-methyl/N-ethyl adjacent to an activating group) is 1. The first-order chi connectivity index (χ1) is 8.22. The molecular weight excluding hydrogens is 236 g/mol. The van der Waals surface area contributed by atoms with Crippen molar-refractivity contribution in [1.29, 1.82) is 0 Å². The van der Waals surface area contributed by atoms with E-state index in [0.717, 1.165) is 24.3 Å². The van der Waals surface area contributed by atoms with Gasteiger partial charge in [-0.15, -0.1) is 21.5 Å². The fourth-order valence-electron chi connectivity index (χ4n) is 2.23. The third-order valence-corrected chi connectivity index (χ3v) is 3.97. The van der Waals surface area contributed by atoms with Gasteiger partial charge in [0.15, 0.2) is 0 Å². The van der Waals surface area contributed by atoms with Crippen LogP contribution in [0.1, 0.15) is 31.2 Å². The van der Waals surface area contributed by atoms with Gasteiger partial charge >= 0.3 is 0 Å². The van der Waals surface area contributed by atoms with Gasteiger partial charge in [-0.3, -0.25) is 4.79 Å².